The third kappa shape index (κ3) is 2.45. The molecule has 0 aliphatic carbocycles. The van der Waals surface area contributed by atoms with Gasteiger partial charge in [-0.05, 0) is 12.1 Å². The lowest BCUT2D eigenvalue weighted by Gasteiger charge is -2.21. The Morgan fingerprint density at radius 1 is 1.39 bits per heavy atom. The number of carboxylic acids is 1. The van der Waals surface area contributed by atoms with Crippen molar-refractivity contribution in [3.8, 4) is 17.2 Å². The number of methoxy groups -OCH3 is 1. The van der Waals surface area contributed by atoms with E-state index in [-0.39, 0.29) is 6.79 Å². The fraction of sp³-hybridized carbons (Fsp3) is 0.154. The van der Waals surface area contributed by atoms with Gasteiger partial charge in [0.2, 0.25) is 12.5 Å². The highest BCUT2D eigenvalue weighted by atomic mass is 16.7. The predicted octanol–water partition coefficient (Wildman–Crippen LogP) is 2.08. The van der Waals surface area contributed by atoms with Crippen LogP contribution >= 0.6 is 0 Å². The van der Waals surface area contributed by atoms with Gasteiger partial charge in [-0.15, -0.1) is 0 Å². The van der Waals surface area contributed by atoms with Crippen molar-refractivity contribution in [3.05, 3.63) is 35.9 Å². The standard InChI is InChI=1S/C13H12O5/c1-16-13-10-7-6-9(12(13)18-8-17-10)4-2-3-5-11(14)15/h2-7H,8H2,1H3,(H,14,15)/b4-2+,5-3+. The van der Waals surface area contributed by atoms with E-state index >= 15 is 0 Å². The first-order valence-corrected chi connectivity index (χ1v) is 5.26. The molecule has 1 aliphatic rings. The van der Waals surface area contributed by atoms with Crippen molar-refractivity contribution in [2.75, 3.05) is 13.9 Å². The molecule has 0 radical (unpaired) electrons. The Hall–Kier alpha value is -2.43. The summed E-state index contributed by atoms with van der Waals surface area (Å²) in [7, 11) is 1.54. The second-order valence-electron chi connectivity index (χ2n) is 3.48. The van der Waals surface area contributed by atoms with Crippen LogP contribution in [0.1, 0.15) is 5.56 Å². The van der Waals surface area contributed by atoms with Gasteiger partial charge in [0.05, 0.1) is 7.11 Å². The number of fused-ring (bicyclic) bond motifs is 2. The van der Waals surface area contributed by atoms with Crippen LogP contribution in [-0.2, 0) is 4.79 Å². The smallest absolute Gasteiger partial charge is 0.328 e. The molecular weight excluding hydrogens is 236 g/mol. The minimum atomic E-state index is -0.987. The maximum absolute atomic E-state index is 10.3. The van der Waals surface area contributed by atoms with Crippen molar-refractivity contribution < 1.29 is 24.1 Å². The summed E-state index contributed by atoms with van der Waals surface area (Å²) >= 11 is 0. The molecule has 2 rings (SSSR count). The van der Waals surface area contributed by atoms with E-state index in [1.165, 1.54) is 13.2 Å². The van der Waals surface area contributed by atoms with E-state index in [2.05, 4.69) is 0 Å². The number of aliphatic carboxylic acids is 1. The molecule has 0 saturated heterocycles. The number of allylic oxidation sites excluding steroid dienone is 2. The highest BCUT2D eigenvalue weighted by molar-refractivity contribution is 5.80. The van der Waals surface area contributed by atoms with Gasteiger partial charge in [0, 0.05) is 11.6 Å². The first kappa shape index (κ1) is 12.0. The van der Waals surface area contributed by atoms with E-state index in [0.29, 0.717) is 17.2 Å². The number of ether oxygens (including phenoxy) is 3. The summed E-state index contributed by atoms with van der Waals surface area (Å²) in [6, 6.07) is 3.60. The summed E-state index contributed by atoms with van der Waals surface area (Å²) in [4.78, 5) is 10.3. The summed E-state index contributed by atoms with van der Waals surface area (Å²) < 4.78 is 15.8. The molecule has 0 fully saturated rings. The first-order chi connectivity index (χ1) is 8.72. The summed E-state index contributed by atoms with van der Waals surface area (Å²) in [5.41, 5.74) is 0.800. The first-order valence-electron chi connectivity index (χ1n) is 5.26. The van der Waals surface area contributed by atoms with Crippen molar-refractivity contribution in [2.45, 2.75) is 0 Å². The normalized spacial score (nSPS) is 13.4. The van der Waals surface area contributed by atoms with Gasteiger partial charge >= 0.3 is 5.97 Å². The van der Waals surface area contributed by atoms with E-state index in [9.17, 15) is 4.79 Å². The van der Waals surface area contributed by atoms with Crippen molar-refractivity contribution in [1.82, 2.24) is 0 Å². The van der Waals surface area contributed by atoms with Crippen LogP contribution in [0.25, 0.3) is 6.08 Å². The van der Waals surface area contributed by atoms with Crippen LogP contribution in [0.5, 0.6) is 17.2 Å². The molecule has 1 aromatic carbocycles. The number of rotatable bonds is 4. The summed E-state index contributed by atoms with van der Waals surface area (Å²) in [5, 5.41) is 8.46. The molecule has 1 aromatic rings. The summed E-state index contributed by atoms with van der Waals surface area (Å²) in [5.74, 6) is 0.794. The number of hydrogen-bond donors (Lipinski definition) is 1. The van der Waals surface area contributed by atoms with E-state index in [0.717, 1.165) is 11.6 Å². The molecule has 0 saturated carbocycles. The summed E-state index contributed by atoms with van der Waals surface area (Å²) in [6.45, 7) is 0.143. The Balaban J connectivity index is 2.27. The van der Waals surface area contributed by atoms with Gasteiger partial charge in [0.25, 0.3) is 0 Å². The molecule has 94 valence electrons. The minimum Gasteiger partial charge on any atom is -0.490 e. The van der Waals surface area contributed by atoms with Crippen molar-refractivity contribution in [3.63, 3.8) is 0 Å². The zero-order valence-electron chi connectivity index (χ0n) is 9.75. The van der Waals surface area contributed by atoms with Gasteiger partial charge in [-0.25, -0.2) is 4.79 Å². The zero-order chi connectivity index (χ0) is 13.0. The summed E-state index contributed by atoms with van der Waals surface area (Å²) in [6.07, 6.45) is 5.86. The van der Waals surface area contributed by atoms with Gasteiger partial charge in [0.1, 0.15) is 0 Å². The molecule has 2 bridgehead atoms. The minimum absolute atomic E-state index is 0.143. The highest BCUT2D eigenvalue weighted by Gasteiger charge is 2.19. The Labute approximate surface area is 104 Å². The second kappa shape index (κ2) is 5.27. The molecule has 5 nitrogen and oxygen atoms in total. The SMILES string of the molecule is COc1c2ccc(/C=C/C=C/C(=O)O)c1OCO2. The highest BCUT2D eigenvalue weighted by Crippen LogP contribution is 2.43. The molecule has 5 heteroatoms. The quantitative estimate of drug-likeness (QED) is 0.652. The fourth-order valence-electron chi connectivity index (χ4n) is 1.60. The molecular formula is C13H12O5. The van der Waals surface area contributed by atoms with E-state index < -0.39 is 5.97 Å². The number of carboxylic acid groups (broad SMARTS) is 1. The van der Waals surface area contributed by atoms with Crippen molar-refractivity contribution in [1.29, 1.82) is 0 Å². The van der Waals surface area contributed by atoms with Crippen LogP contribution in [0.3, 0.4) is 0 Å². The van der Waals surface area contributed by atoms with Crippen LogP contribution in [0.4, 0.5) is 0 Å². The van der Waals surface area contributed by atoms with Gasteiger partial charge < -0.3 is 19.3 Å². The maximum Gasteiger partial charge on any atom is 0.328 e. The monoisotopic (exact) mass is 248 g/mol. The second-order valence-corrected chi connectivity index (χ2v) is 3.48. The molecule has 18 heavy (non-hydrogen) atoms. The molecule has 0 spiro atoms. The van der Waals surface area contributed by atoms with Crippen LogP contribution in [0.15, 0.2) is 30.4 Å². The van der Waals surface area contributed by atoms with Gasteiger partial charge in [-0.1, -0.05) is 18.2 Å². The Morgan fingerprint density at radius 3 is 2.94 bits per heavy atom. The van der Waals surface area contributed by atoms with E-state index in [1.54, 1.807) is 18.2 Å². The van der Waals surface area contributed by atoms with Gasteiger partial charge in [-0.3, -0.25) is 0 Å². The molecule has 0 aromatic heterocycles. The van der Waals surface area contributed by atoms with Crippen LogP contribution in [-0.4, -0.2) is 25.0 Å². The Kier molecular flexibility index (Phi) is 3.52. The molecule has 1 N–H and O–H groups in total. The van der Waals surface area contributed by atoms with Gasteiger partial charge in [-0.2, -0.15) is 0 Å². The average Bonchev–Trinajstić information content (AvgIpc) is 2.35. The van der Waals surface area contributed by atoms with Gasteiger partial charge in [0.15, 0.2) is 11.5 Å². The largest absolute Gasteiger partial charge is 0.490 e. The van der Waals surface area contributed by atoms with Crippen LogP contribution < -0.4 is 14.2 Å². The average molecular weight is 248 g/mol. The fourth-order valence-corrected chi connectivity index (χ4v) is 1.60. The van der Waals surface area contributed by atoms with Crippen LogP contribution in [0.2, 0.25) is 0 Å². The van der Waals surface area contributed by atoms with E-state index in [1.807, 2.05) is 6.07 Å². The Morgan fingerprint density at radius 2 is 2.22 bits per heavy atom. The van der Waals surface area contributed by atoms with Crippen molar-refractivity contribution in [2.24, 2.45) is 0 Å². The molecule has 1 heterocycles. The molecule has 0 atom stereocenters. The van der Waals surface area contributed by atoms with Crippen LogP contribution in [0, 0.1) is 0 Å². The Bertz CT molecular complexity index is 516. The predicted molar refractivity (Wildman–Crippen MR) is 64.9 cm³/mol. The number of benzene rings is 1. The molecule has 0 amide bonds. The van der Waals surface area contributed by atoms with Crippen molar-refractivity contribution >= 4 is 12.0 Å². The molecule has 1 aliphatic heterocycles. The lowest BCUT2D eigenvalue weighted by Crippen LogP contribution is -2.13. The zero-order valence-corrected chi connectivity index (χ0v) is 9.75. The molecule has 0 unspecified atom stereocenters. The lowest BCUT2D eigenvalue weighted by atomic mass is 10.1. The van der Waals surface area contributed by atoms with E-state index in [4.69, 9.17) is 19.3 Å². The third-order valence-corrected chi connectivity index (χ3v) is 2.35. The third-order valence-electron chi connectivity index (χ3n) is 2.35. The maximum atomic E-state index is 10.3. The number of carbonyl (C=O) groups is 1. The number of hydrogen-bond acceptors (Lipinski definition) is 4. The topological polar surface area (TPSA) is 65.0 Å². The lowest BCUT2D eigenvalue weighted by molar-refractivity contribution is -0.131.